The Balaban J connectivity index is 2.11. The van der Waals surface area contributed by atoms with E-state index in [-0.39, 0.29) is 11.3 Å². The van der Waals surface area contributed by atoms with E-state index in [9.17, 15) is 8.42 Å². The van der Waals surface area contributed by atoms with Gasteiger partial charge in [0.1, 0.15) is 7.85 Å². The van der Waals surface area contributed by atoms with Crippen LogP contribution in [0.4, 0.5) is 0 Å². The molecule has 1 atom stereocenters. The highest BCUT2D eigenvalue weighted by atomic mass is 32.2. The van der Waals surface area contributed by atoms with Gasteiger partial charge in [-0.25, -0.2) is 13.1 Å². The highest BCUT2D eigenvalue weighted by Crippen LogP contribution is 2.21. The van der Waals surface area contributed by atoms with Crippen molar-refractivity contribution in [3.8, 4) is 0 Å². The molecule has 17 heavy (non-hydrogen) atoms. The van der Waals surface area contributed by atoms with Crippen LogP contribution in [0.1, 0.15) is 25.0 Å². The Labute approximate surface area is 104 Å². The summed E-state index contributed by atoms with van der Waals surface area (Å²) in [5.74, 6) is 0. The second-order valence-electron chi connectivity index (χ2n) is 5.09. The Kier molecular flexibility index (Phi) is 3.32. The van der Waals surface area contributed by atoms with Crippen LogP contribution >= 0.6 is 0 Å². The molecule has 2 rings (SSSR count). The lowest BCUT2D eigenvalue weighted by atomic mass is 9.93. The molecule has 0 bridgehead atoms. The summed E-state index contributed by atoms with van der Waals surface area (Å²) in [6.45, 7) is 3.41. The zero-order valence-electron chi connectivity index (χ0n) is 10.5. The van der Waals surface area contributed by atoms with E-state index in [0.29, 0.717) is 0 Å². The normalized spacial score (nSPS) is 19.6. The summed E-state index contributed by atoms with van der Waals surface area (Å²) in [5, 5.41) is -0.368. The first kappa shape index (κ1) is 12.6. The number of benzene rings is 1. The van der Waals surface area contributed by atoms with Gasteiger partial charge in [-0.05, 0) is 37.8 Å². The molecule has 0 aliphatic heterocycles. The van der Waals surface area contributed by atoms with E-state index in [4.69, 9.17) is 0 Å². The van der Waals surface area contributed by atoms with Gasteiger partial charge in [0.25, 0.3) is 0 Å². The molecule has 1 unspecified atom stereocenters. The minimum Gasteiger partial charge on any atom is -0.212 e. The summed E-state index contributed by atoms with van der Waals surface area (Å²) in [6, 6.07) is 6.37. The molecule has 0 saturated carbocycles. The largest absolute Gasteiger partial charge is 0.214 e. The van der Waals surface area contributed by atoms with E-state index in [1.807, 2.05) is 0 Å². The Morgan fingerprint density at radius 2 is 1.94 bits per heavy atom. The van der Waals surface area contributed by atoms with Crippen LogP contribution in [0.3, 0.4) is 0 Å². The van der Waals surface area contributed by atoms with Gasteiger partial charge >= 0.3 is 0 Å². The molecular weight excluding hydrogens is 233 g/mol. The lowest BCUT2D eigenvalue weighted by Crippen LogP contribution is -2.39. The molecule has 0 aromatic heterocycles. The molecule has 0 amide bonds. The average molecular weight is 251 g/mol. The molecule has 0 spiro atoms. The quantitative estimate of drug-likeness (QED) is 0.752. The van der Waals surface area contributed by atoms with Crippen LogP contribution in [0.2, 0.25) is 0 Å². The maximum absolute atomic E-state index is 11.8. The van der Waals surface area contributed by atoms with Crippen LogP contribution in [0, 0.1) is 0 Å². The molecule has 0 saturated heterocycles. The maximum atomic E-state index is 11.8. The third-order valence-electron chi connectivity index (χ3n) is 3.25. The summed E-state index contributed by atoms with van der Waals surface area (Å²) in [5.41, 5.74) is 3.78. The highest BCUT2D eigenvalue weighted by molar-refractivity contribution is 7.90. The first-order chi connectivity index (χ1) is 7.88. The van der Waals surface area contributed by atoms with E-state index in [1.54, 1.807) is 13.8 Å². The standard InChI is InChI=1S/C12H18BNO2S/c1-8(2)17(15,16)14-12-6-9-3-4-11(13)5-10(9)7-12/h3-5,8,12,14H,6-7,13H2,1-2H3. The van der Waals surface area contributed by atoms with E-state index >= 15 is 0 Å². The van der Waals surface area contributed by atoms with Crippen LogP contribution < -0.4 is 10.2 Å². The van der Waals surface area contributed by atoms with Gasteiger partial charge in [0.2, 0.25) is 10.0 Å². The Morgan fingerprint density at radius 3 is 2.59 bits per heavy atom. The van der Waals surface area contributed by atoms with Crippen LogP contribution in [-0.4, -0.2) is 27.6 Å². The molecule has 1 aliphatic rings. The summed E-state index contributed by atoms with van der Waals surface area (Å²) in [6.07, 6.45) is 1.62. The second kappa shape index (κ2) is 4.46. The monoisotopic (exact) mass is 251 g/mol. The molecule has 3 nitrogen and oxygen atoms in total. The minimum absolute atomic E-state index is 0.0270. The predicted molar refractivity (Wildman–Crippen MR) is 73.0 cm³/mol. The first-order valence-electron chi connectivity index (χ1n) is 5.98. The van der Waals surface area contributed by atoms with Gasteiger partial charge < -0.3 is 0 Å². The van der Waals surface area contributed by atoms with Gasteiger partial charge in [0, 0.05) is 6.04 Å². The Bertz CT molecular complexity index is 525. The lowest BCUT2D eigenvalue weighted by Gasteiger charge is -2.14. The molecule has 1 aromatic rings. The number of fused-ring (bicyclic) bond motifs is 1. The van der Waals surface area contributed by atoms with Crippen molar-refractivity contribution < 1.29 is 8.42 Å². The minimum atomic E-state index is -3.16. The zero-order chi connectivity index (χ0) is 12.6. The highest BCUT2D eigenvalue weighted by Gasteiger charge is 2.26. The molecule has 5 heteroatoms. The zero-order valence-corrected chi connectivity index (χ0v) is 11.3. The molecule has 0 fully saturated rings. The van der Waals surface area contributed by atoms with Crippen molar-refractivity contribution in [1.82, 2.24) is 4.72 Å². The topological polar surface area (TPSA) is 46.2 Å². The summed E-state index contributed by atoms with van der Waals surface area (Å²) in [7, 11) is -1.10. The SMILES string of the molecule is Bc1ccc2c(c1)CC(NS(=O)(=O)C(C)C)C2. The lowest BCUT2D eigenvalue weighted by molar-refractivity contribution is 0.547. The van der Waals surface area contributed by atoms with Crippen molar-refractivity contribution >= 4 is 23.3 Å². The fraction of sp³-hybridized carbons (Fsp3) is 0.500. The predicted octanol–water partition coefficient (Wildman–Crippen LogP) is -0.260. The van der Waals surface area contributed by atoms with Crippen molar-refractivity contribution in [3.63, 3.8) is 0 Å². The average Bonchev–Trinajstić information content (AvgIpc) is 2.57. The van der Waals surface area contributed by atoms with Crippen LogP contribution in [0.15, 0.2) is 18.2 Å². The Hall–Kier alpha value is -0.805. The molecular formula is C12H18BNO2S. The number of sulfonamides is 1. The number of hydrogen-bond donors (Lipinski definition) is 1. The van der Waals surface area contributed by atoms with E-state index in [0.717, 1.165) is 12.8 Å². The molecule has 1 aliphatic carbocycles. The van der Waals surface area contributed by atoms with Gasteiger partial charge in [-0.3, -0.25) is 0 Å². The van der Waals surface area contributed by atoms with Gasteiger partial charge in [0.05, 0.1) is 5.25 Å². The summed E-state index contributed by atoms with van der Waals surface area (Å²) in [4.78, 5) is 0. The molecule has 1 aromatic carbocycles. The summed E-state index contributed by atoms with van der Waals surface area (Å²) < 4.78 is 26.4. The van der Waals surface area contributed by atoms with E-state index < -0.39 is 10.0 Å². The molecule has 0 heterocycles. The maximum Gasteiger partial charge on any atom is 0.214 e. The van der Waals surface area contributed by atoms with Crippen LogP contribution in [-0.2, 0) is 22.9 Å². The van der Waals surface area contributed by atoms with Gasteiger partial charge in [-0.1, -0.05) is 23.7 Å². The first-order valence-corrected chi connectivity index (χ1v) is 7.52. The number of nitrogens with one attached hydrogen (secondary N) is 1. The van der Waals surface area contributed by atoms with Gasteiger partial charge in [0.15, 0.2) is 0 Å². The van der Waals surface area contributed by atoms with Crippen molar-refractivity contribution in [1.29, 1.82) is 0 Å². The molecule has 92 valence electrons. The fourth-order valence-electron chi connectivity index (χ4n) is 2.20. The number of hydrogen-bond acceptors (Lipinski definition) is 2. The third kappa shape index (κ3) is 2.72. The van der Waals surface area contributed by atoms with Crippen molar-refractivity contribution in [2.75, 3.05) is 0 Å². The van der Waals surface area contributed by atoms with Gasteiger partial charge in [-0.15, -0.1) is 0 Å². The van der Waals surface area contributed by atoms with E-state index in [2.05, 4.69) is 30.8 Å². The van der Waals surface area contributed by atoms with Crippen molar-refractivity contribution in [2.45, 2.75) is 38.0 Å². The van der Waals surface area contributed by atoms with E-state index in [1.165, 1.54) is 16.6 Å². The summed E-state index contributed by atoms with van der Waals surface area (Å²) >= 11 is 0. The fourth-order valence-corrected chi connectivity index (χ4v) is 3.10. The third-order valence-corrected chi connectivity index (χ3v) is 5.15. The Morgan fingerprint density at radius 1 is 1.29 bits per heavy atom. The van der Waals surface area contributed by atoms with Crippen molar-refractivity contribution in [2.24, 2.45) is 0 Å². The van der Waals surface area contributed by atoms with Crippen molar-refractivity contribution in [3.05, 3.63) is 29.3 Å². The molecule has 1 N–H and O–H groups in total. The smallest absolute Gasteiger partial charge is 0.212 e. The van der Waals surface area contributed by atoms with Crippen LogP contribution in [0.25, 0.3) is 0 Å². The van der Waals surface area contributed by atoms with Gasteiger partial charge in [-0.2, -0.15) is 0 Å². The number of rotatable bonds is 3. The molecule has 0 radical (unpaired) electrons. The second-order valence-corrected chi connectivity index (χ2v) is 7.36. The van der Waals surface area contributed by atoms with Crippen LogP contribution in [0.5, 0.6) is 0 Å².